The molecular weight excluding hydrogens is 132 g/mol. The Morgan fingerprint density at radius 1 is 0.909 bits per heavy atom. The van der Waals surface area contributed by atoms with Gasteiger partial charge in [0.05, 0.1) is 0 Å². The third-order valence-electron chi connectivity index (χ3n) is 0.816. The molecule has 0 aromatic heterocycles. The van der Waals surface area contributed by atoms with Crippen LogP contribution in [0.15, 0.2) is 49.6 Å². The van der Waals surface area contributed by atoms with Gasteiger partial charge in [-0.25, -0.2) is 0 Å². The van der Waals surface area contributed by atoms with Crippen LogP contribution in [0.25, 0.3) is 0 Å². The number of hydrogen-bond donors (Lipinski definition) is 0. The lowest BCUT2D eigenvalue weighted by Gasteiger charge is -1.75. The molecule has 0 heteroatoms. The summed E-state index contributed by atoms with van der Waals surface area (Å²) in [5.74, 6) is 0. The Bertz CT molecular complexity index is 111. The lowest BCUT2D eigenvalue weighted by molar-refractivity contribution is 1.39. The number of allylic oxidation sites excluding steroid dienone is 6. The Kier molecular flexibility index (Phi) is 18.3. The maximum absolute atomic E-state index is 3.55. The summed E-state index contributed by atoms with van der Waals surface area (Å²) in [6.45, 7) is 11.1. The molecule has 0 N–H and O–H groups in total. The molecule has 0 aliphatic rings. The summed E-state index contributed by atoms with van der Waals surface area (Å²) < 4.78 is 0. The fraction of sp³-hybridized carbons (Fsp3) is 0.273. The van der Waals surface area contributed by atoms with Crippen LogP contribution in [0.2, 0.25) is 0 Å². The summed E-state index contributed by atoms with van der Waals surface area (Å²) in [6, 6.07) is 0. The summed E-state index contributed by atoms with van der Waals surface area (Å²) >= 11 is 0. The Morgan fingerprint density at radius 2 is 1.27 bits per heavy atom. The maximum atomic E-state index is 3.55. The van der Waals surface area contributed by atoms with E-state index in [1.54, 1.807) is 12.2 Å². The summed E-state index contributed by atoms with van der Waals surface area (Å²) in [5, 5.41) is 0. The van der Waals surface area contributed by atoms with E-state index in [9.17, 15) is 0 Å². The molecule has 0 unspecified atom stereocenters. The van der Waals surface area contributed by atoms with Crippen LogP contribution in [0.5, 0.6) is 0 Å². The van der Waals surface area contributed by atoms with Crippen LogP contribution in [-0.4, -0.2) is 0 Å². The quantitative estimate of drug-likeness (QED) is 0.533. The first-order valence-corrected chi connectivity index (χ1v) is 3.97. The fourth-order valence-corrected chi connectivity index (χ4v) is 0.428. The monoisotopic (exact) mass is 150 g/mol. The molecule has 0 spiro atoms. The molecule has 0 heterocycles. The van der Waals surface area contributed by atoms with Crippen molar-refractivity contribution in [2.24, 2.45) is 0 Å². The van der Waals surface area contributed by atoms with E-state index in [-0.39, 0.29) is 0 Å². The van der Waals surface area contributed by atoms with E-state index in [4.69, 9.17) is 0 Å². The molecule has 0 saturated heterocycles. The molecular formula is C11H18. The van der Waals surface area contributed by atoms with E-state index in [1.165, 1.54) is 0 Å². The lowest BCUT2D eigenvalue weighted by atomic mass is 10.3. The number of rotatable bonds is 4. The van der Waals surface area contributed by atoms with Crippen molar-refractivity contribution in [1.29, 1.82) is 0 Å². The highest BCUT2D eigenvalue weighted by molar-refractivity contribution is 5.04. The molecule has 62 valence electrons. The molecule has 0 amide bonds. The minimum absolute atomic E-state index is 0.956. The van der Waals surface area contributed by atoms with Gasteiger partial charge in [-0.1, -0.05) is 63.5 Å². The maximum Gasteiger partial charge on any atom is -0.0163 e. The predicted octanol–water partition coefficient (Wildman–Crippen LogP) is 3.89. The second kappa shape index (κ2) is 16.0. The van der Waals surface area contributed by atoms with Gasteiger partial charge in [0.1, 0.15) is 0 Å². The van der Waals surface area contributed by atoms with Gasteiger partial charge in [0.15, 0.2) is 0 Å². The predicted molar refractivity (Wildman–Crippen MR) is 54.6 cm³/mol. The zero-order valence-corrected chi connectivity index (χ0v) is 7.59. The molecule has 0 radical (unpaired) electrons. The molecule has 11 heavy (non-hydrogen) atoms. The molecule has 0 bridgehead atoms. The van der Waals surface area contributed by atoms with Gasteiger partial charge in [-0.15, -0.1) is 0 Å². The summed E-state index contributed by atoms with van der Waals surface area (Å²) in [6.07, 6.45) is 12.4. The van der Waals surface area contributed by atoms with Crippen LogP contribution in [0.4, 0.5) is 0 Å². The van der Waals surface area contributed by atoms with Crippen molar-refractivity contribution in [1.82, 2.24) is 0 Å². The first-order valence-electron chi connectivity index (χ1n) is 3.97. The van der Waals surface area contributed by atoms with Gasteiger partial charge >= 0.3 is 0 Å². The third-order valence-corrected chi connectivity index (χ3v) is 0.816. The van der Waals surface area contributed by atoms with Crippen LogP contribution >= 0.6 is 0 Å². The van der Waals surface area contributed by atoms with Crippen molar-refractivity contribution in [2.75, 3.05) is 0 Å². The normalized spacial score (nSPS) is 9.27. The van der Waals surface area contributed by atoms with E-state index in [0.29, 0.717) is 0 Å². The molecule has 0 aromatic rings. The molecule has 0 aliphatic carbocycles. The fourth-order valence-electron chi connectivity index (χ4n) is 0.428. The first kappa shape index (κ1) is 12.6. The SMILES string of the molecule is C=C/C=C\C/C=C\C=C.CC. The second-order valence-electron chi connectivity index (χ2n) is 1.56. The van der Waals surface area contributed by atoms with Gasteiger partial charge in [-0.05, 0) is 6.42 Å². The topological polar surface area (TPSA) is 0 Å². The zero-order chi connectivity index (χ0) is 8.95. The standard InChI is InChI=1S/C9H12.C2H6/c1-3-5-7-9-8-6-4-2;1-2/h3-8H,1-2,9H2;1-2H3/b7-5-,8-6-;. The Morgan fingerprint density at radius 3 is 1.55 bits per heavy atom. The average Bonchev–Trinajstić information content (AvgIpc) is 2.08. The third kappa shape index (κ3) is 17.6. The van der Waals surface area contributed by atoms with Crippen LogP contribution in [0.1, 0.15) is 20.3 Å². The molecule has 0 aliphatic heterocycles. The van der Waals surface area contributed by atoms with Crippen molar-refractivity contribution in [2.45, 2.75) is 20.3 Å². The van der Waals surface area contributed by atoms with E-state index >= 15 is 0 Å². The minimum Gasteiger partial charge on any atom is -0.0991 e. The van der Waals surface area contributed by atoms with Crippen LogP contribution < -0.4 is 0 Å². The highest BCUT2D eigenvalue weighted by Gasteiger charge is 1.64. The lowest BCUT2D eigenvalue weighted by Crippen LogP contribution is -1.54. The zero-order valence-electron chi connectivity index (χ0n) is 7.59. The van der Waals surface area contributed by atoms with Gasteiger partial charge in [0.25, 0.3) is 0 Å². The highest BCUT2D eigenvalue weighted by atomic mass is 13.7. The molecule has 0 rings (SSSR count). The van der Waals surface area contributed by atoms with Crippen molar-refractivity contribution in [3.63, 3.8) is 0 Å². The van der Waals surface area contributed by atoms with Crippen molar-refractivity contribution < 1.29 is 0 Å². The van der Waals surface area contributed by atoms with E-state index in [0.717, 1.165) is 6.42 Å². The summed E-state index contributed by atoms with van der Waals surface area (Å²) in [4.78, 5) is 0. The average molecular weight is 150 g/mol. The van der Waals surface area contributed by atoms with Crippen LogP contribution in [-0.2, 0) is 0 Å². The summed E-state index contributed by atoms with van der Waals surface area (Å²) in [7, 11) is 0. The molecule has 0 nitrogen and oxygen atoms in total. The Balaban J connectivity index is 0. The van der Waals surface area contributed by atoms with Gasteiger partial charge in [-0.2, -0.15) is 0 Å². The van der Waals surface area contributed by atoms with Crippen molar-refractivity contribution in [3.05, 3.63) is 49.6 Å². The van der Waals surface area contributed by atoms with E-state index < -0.39 is 0 Å². The summed E-state index contributed by atoms with van der Waals surface area (Å²) in [5.41, 5.74) is 0. The molecule has 0 aromatic carbocycles. The van der Waals surface area contributed by atoms with Gasteiger partial charge in [0, 0.05) is 0 Å². The van der Waals surface area contributed by atoms with Crippen LogP contribution in [0.3, 0.4) is 0 Å². The minimum atomic E-state index is 0.956. The Labute approximate surface area is 70.6 Å². The van der Waals surface area contributed by atoms with Crippen molar-refractivity contribution in [3.8, 4) is 0 Å². The van der Waals surface area contributed by atoms with Crippen molar-refractivity contribution >= 4 is 0 Å². The highest BCUT2D eigenvalue weighted by Crippen LogP contribution is 1.85. The molecule has 0 saturated carbocycles. The van der Waals surface area contributed by atoms with E-state index in [1.807, 2.05) is 38.2 Å². The van der Waals surface area contributed by atoms with Gasteiger partial charge < -0.3 is 0 Å². The first-order chi connectivity index (χ1) is 5.41. The Hall–Kier alpha value is -1.04. The smallest absolute Gasteiger partial charge is 0.0163 e. The van der Waals surface area contributed by atoms with E-state index in [2.05, 4.69) is 13.2 Å². The molecule has 0 fully saturated rings. The second-order valence-corrected chi connectivity index (χ2v) is 1.56. The number of hydrogen-bond acceptors (Lipinski definition) is 0. The van der Waals surface area contributed by atoms with Gasteiger partial charge in [0.2, 0.25) is 0 Å². The van der Waals surface area contributed by atoms with Gasteiger partial charge in [-0.3, -0.25) is 0 Å². The molecule has 0 atom stereocenters. The van der Waals surface area contributed by atoms with Crippen LogP contribution in [0, 0.1) is 0 Å². The largest absolute Gasteiger partial charge is 0.0991 e.